The first-order valence-electron chi connectivity index (χ1n) is 5.87. The Morgan fingerprint density at radius 1 is 1.14 bits per heavy atom. The molecule has 1 atom stereocenters. The quantitative estimate of drug-likeness (QED) is 0.581. The maximum atomic E-state index is 2.35. The number of aryl methyl sites for hydroxylation is 1. The summed E-state index contributed by atoms with van der Waals surface area (Å²) in [7, 11) is 0. The third kappa shape index (κ3) is 1.84. The number of rotatable bonds is 1. The van der Waals surface area contributed by atoms with Gasteiger partial charge < -0.3 is 0 Å². The van der Waals surface area contributed by atoms with Gasteiger partial charge in [0.1, 0.15) is 0 Å². The van der Waals surface area contributed by atoms with Gasteiger partial charge in [0.25, 0.3) is 0 Å². The van der Waals surface area contributed by atoms with E-state index in [1.807, 2.05) is 0 Å². The molecule has 1 aromatic carbocycles. The highest BCUT2D eigenvalue weighted by molar-refractivity contribution is 5.31. The second-order valence-electron chi connectivity index (χ2n) is 4.80. The van der Waals surface area contributed by atoms with Crippen LogP contribution in [-0.2, 0) is 6.42 Å². The molecule has 0 saturated heterocycles. The molecule has 1 aliphatic rings. The molecule has 0 unspecified atom stereocenters. The summed E-state index contributed by atoms with van der Waals surface area (Å²) in [5.41, 5.74) is 3.23. The first-order valence-corrected chi connectivity index (χ1v) is 5.87. The molecule has 0 spiro atoms. The highest BCUT2D eigenvalue weighted by Crippen LogP contribution is 2.35. The van der Waals surface area contributed by atoms with E-state index >= 15 is 0 Å². The van der Waals surface area contributed by atoms with E-state index in [-0.39, 0.29) is 0 Å². The smallest absolute Gasteiger partial charge is 0.0136 e. The van der Waals surface area contributed by atoms with Crippen LogP contribution >= 0.6 is 0 Å². The predicted molar refractivity (Wildman–Crippen MR) is 61.6 cm³/mol. The van der Waals surface area contributed by atoms with Crippen LogP contribution in [0, 0.1) is 5.92 Å². The lowest BCUT2D eigenvalue weighted by molar-refractivity contribution is 0.460. The zero-order valence-corrected chi connectivity index (χ0v) is 9.29. The van der Waals surface area contributed by atoms with Crippen LogP contribution in [0.1, 0.15) is 50.2 Å². The Bertz CT molecular complexity index is 299. The summed E-state index contributed by atoms with van der Waals surface area (Å²) in [5, 5.41) is 0. The molecule has 0 bridgehead atoms. The summed E-state index contributed by atoms with van der Waals surface area (Å²) in [5.74, 6) is 1.59. The lowest BCUT2D eigenvalue weighted by atomic mass is 9.84. The maximum absolute atomic E-state index is 2.35. The minimum Gasteiger partial charge on any atom is -0.0622 e. The highest BCUT2D eigenvalue weighted by atomic mass is 14.2. The minimum atomic E-state index is 0.786. The van der Waals surface area contributed by atoms with Crippen LogP contribution in [0.15, 0.2) is 24.3 Å². The van der Waals surface area contributed by atoms with E-state index < -0.39 is 0 Å². The van der Waals surface area contributed by atoms with E-state index in [1.165, 1.54) is 25.7 Å². The van der Waals surface area contributed by atoms with Crippen molar-refractivity contribution in [3.63, 3.8) is 0 Å². The molecule has 0 N–H and O–H groups in total. The van der Waals surface area contributed by atoms with Crippen LogP contribution in [0.2, 0.25) is 0 Å². The Balaban J connectivity index is 2.37. The van der Waals surface area contributed by atoms with Crippen molar-refractivity contribution in [1.29, 1.82) is 0 Å². The molecule has 0 radical (unpaired) electrons. The first kappa shape index (κ1) is 9.76. The zero-order chi connectivity index (χ0) is 9.97. The molecule has 0 aliphatic heterocycles. The Kier molecular flexibility index (Phi) is 2.90. The Morgan fingerprint density at radius 3 is 2.71 bits per heavy atom. The normalized spacial score (nSPS) is 21.8. The fourth-order valence-electron chi connectivity index (χ4n) is 2.65. The van der Waals surface area contributed by atoms with Gasteiger partial charge in [-0.05, 0) is 42.2 Å². The topological polar surface area (TPSA) is 0 Å². The summed E-state index contributed by atoms with van der Waals surface area (Å²) >= 11 is 0. The lowest BCUT2D eigenvalue weighted by Gasteiger charge is -2.21. The number of benzene rings is 1. The molecule has 2 rings (SSSR count). The molecule has 0 heteroatoms. The van der Waals surface area contributed by atoms with E-state index in [2.05, 4.69) is 38.1 Å². The average molecular weight is 188 g/mol. The van der Waals surface area contributed by atoms with E-state index in [9.17, 15) is 0 Å². The van der Waals surface area contributed by atoms with Gasteiger partial charge in [0.05, 0.1) is 0 Å². The van der Waals surface area contributed by atoms with Gasteiger partial charge >= 0.3 is 0 Å². The van der Waals surface area contributed by atoms with Crippen LogP contribution in [0.3, 0.4) is 0 Å². The van der Waals surface area contributed by atoms with Gasteiger partial charge in [-0.25, -0.2) is 0 Å². The number of fused-ring (bicyclic) bond motifs is 1. The molecule has 0 nitrogen and oxygen atoms in total. The van der Waals surface area contributed by atoms with Crippen LogP contribution in [0.5, 0.6) is 0 Å². The van der Waals surface area contributed by atoms with Gasteiger partial charge in [-0.2, -0.15) is 0 Å². The fourth-order valence-corrected chi connectivity index (χ4v) is 2.65. The van der Waals surface area contributed by atoms with Crippen molar-refractivity contribution in [2.45, 2.75) is 45.4 Å². The van der Waals surface area contributed by atoms with Gasteiger partial charge in [0.2, 0.25) is 0 Å². The van der Waals surface area contributed by atoms with E-state index in [0.29, 0.717) is 0 Å². The molecule has 0 fully saturated rings. The van der Waals surface area contributed by atoms with Crippen molar-refractivity contribution in [1.82, 2.24) is 0 Å². The van der Waals surface area contributed by atoms with Crippen molar-refractivity contribution in [3.8, 4) is 0 Å². The fraction of sp³-hybridized carbons (Fsp3) is 0.571. The average Bonchev–Trinajstić information content (AvgIpc) is 2.39. The molecular weight excluding hydrogens is 168 g/mol. The van der Waals surface area contributed by atoms with Gasteiger partial charge in [-0.15, -0.1) is 0 Å². The molecule has 76 valence electrons. The van der Waals surface area contributed by atoms with Gasteiger partial charge in [-0.1, -0.05) is 44.5 Å². The molecular formula is C14H20. The van der Waals surface area contributed by atoms with Crippen molar-refractivity contribution in [2.75, 3.05) is 0 Å². The third-order valence-corrected chi connectivity index (χ3v) is 3.47. The molecule has 1 aliphatic carbocycles. The SMILES string of the molecule is CC(C)[C@H]1CCCCc2ccccc21. The van der Waals surface area contributed by atoms with Crippen molar-refractivity contribution in [3.05, 3.63) is 35.4 Å². The Hall–Kier alpha value is -0.780. The third-order valence-electron chi connectivity index (χ3n) is 3.47. The molecule has 0 heterocycles. The largest absolute Gasteiger partial charge is 0.0622 e. The second-order valence-corrected chi connectivity index (χ2v) is 4.80. The monoisotopic (exact) mass is 188 g/mol. The summed E-state index contributed by atoms with van der Waals surface area (Å²) in [6, 6.07) is 9.03. The van der Waals surface area contributed by atoms with Gasteiger partial charge in [-0.3, -0.25) is 0 Å². The second kappa shape index (κ2) is 4.16. The van der Waals surface area contributed by atoms with Gasteiger partial charge in [0.15, 0.2) is 0 Å². The summed E-state index contributed by atoms with van der Waals surface area (Å²) in [4.78, 5) is 0. The molecule has 1 aromatic rings. The Morgan fingerprint density at radius 2 is 1.93 bits per heavy atom. The van der Waals surface area contributed by atoms with E-state index in [1.54, 1.807) is 11.1 Å². The predicted octanol–water partition coefficient (Wildman–Crippen LogP) is 4.15. The highest BCUT2D eigenvalue weighted by Gasteiger charge is 2.20. The first-order chi connectivity index (χ1) is 6.79. The van der Waals surface area contributed by atoms with Crippen molar-refractivity contribution >= 4 is 0 Å². The Labute approximate surface area is 87.3 Å². The van der Waals surface area contributed by atoms with Crippen molar-refractivity contribution < 1.29 is 0 Å². The minimum absolute atomic E-state index is 0.786. The standard InChI is InChI=1S/C14H20/c1-11(2)13-9-5-3-7-12-8-4-6-10-14(12)13/h4,6,8,10-11,13H,3,5,7,9H2,1-2H3/t13-/m1/s1. The van der Waals surface area contributed by atoms with Crippen LogP contribution in [-0.4, -0.2) is 0 Å². The summed E-state index contributed by atoms with van der Waals surface area (Å²) in [6.07, 6.45) is 5.45. The maximum Gasteiger partial charge on any atom is -0.0136 e. The van der Waals surface area contributed by atoms with Crippen LogP contribution in [0.25, 0.3) is 0 Å². The van der Waals surface area contributed by atoms with Crippen LogP contribution < -0.4 is 0 Å². The molecule has 14 heavy (non-hydrogen) atoms. The zero-order valence-electron chi connectivity index (χ0n) is 9.29. The molecule has 0 saturated carbocycles. The number of hydrogen-bond acceptors (Lipinski definition) is 0. The van der Waals surface area contributed by atoms with E-state index in [4.69, 9.17) is 0 Å². The molecule has 0 amide bonds. The summed E-state index contributed by atoms with van der Waals surface area (Å²) < 4.78 is 0. The number of hydrogen-bond donors (Lipinski definition) is 0. The van der Waals surface area contributed by atoms with Gasteiger partial charge in [0, 0.05) is 0 Å². The lowest BCUT2D eigenvalue weighted by Crippen LogP contribution is -2.07. The molecule has 0 aromatic heterocycles. The summed E-state index contributed by atoms with van der Waals surface area (Å²) in [6.45, 7) is 4.71. The van der Waals surface area contributed by atoms with Crippen molar-refractivity contribution in [2.24, 2.45) is 5.92 Å². The van der Waals surface area contributed by atoms with E-state index in [0.717, 1.165) is 11.8 Å². The van der Waals surface area contributed by atoms with Crippen LogP contribution in [0.4, 0.5) is 0 Å².